The van der Waals surface area contributed by atoms with E-state index in [9.17, 15) is 0 Å². The summed E-state index contributed by atoms with van der Waals surface area (Å²) in [4.78, 5) is 2.48. The molecule has 1 fully saturated rings. The molecule has 0 aliphatic carbocycles. The Morgan fingerprint density at radius 2 is 2.08 bits per heavy atom. The topological polar surface area (TPSA) is 3.24 Å². The molecule has 2 rings (SSSR count). The molecule has 13 heavy (non-hydrogen) atoms. The first kappa shape index (κ1) is 8.76. The van der Waals surface area contributed by atoms with Crippen molar-refractivity contribution >= 4 is 0 Å². The molecule has 1 aliphatic rings. The van der Waals surface area contributed by atoms with Crippen LogP contribution in [0.2, 0.25) is 0 Å². The molecule has 1 aromatic rings. The summed E-state index contributed by atoms with van der Waals surface area (Å²) in [6.45, 7) is 7.55. The molecule has 1 heteroatoms. The van der Waals surface area contributed by atoms with Gasteiger partial charge in [-0.15, -0.1) is 0 Å². The van der Waals surface area contributed by atoms with Crippen molar-refractivity contribution < 1.29 is 0 Å². The van der Waals surface area contributed by atoms with E-state index in [0.717, 1.165) is 13.1 Å². The molecule has 1 heterocycles. The maximum atomic E-state index is 4.09. The first-order valence-corrected chi connectivity index (χ1v) is 4.94. The molecule has 1 aliphatic heterocycles. The van der Waals surface area contributed by atoms with E-state index in [0.29, 0.717) is 5.92 Å². The number of hydrogen-bond donors (Lipinski definition) is 0. The van der Waals surface area contributed by atoms with E-state index >= 15 is 0 Å². The van der Waals surface area contributed by atoms with Gasteiger partial charge in [0.15, 0.2) is 0 Å². The molecule has 0 N–H and O–H groups in total. The normalized spacial score (nSPS) is 23.6. The second-order valence-electron chi connectivity index (χ2n) is 3.88. The monoisotopic (exact) mass is 174 g/mol. The van der Waals surface area contributed by atoms with Crippen LogP contribution >= 0.6 is 0 Å². The summed E-state index contributed by atoms with van der Waals surface area (Å²) in [5.41, 5.74) is 1.41. The van der Waals surface area contributed by atoms with Crippen LogP contribution in [0.1, 0.15) is 12.0 Å². The summed E-state index contributed by atoms with van der Waals surface area (Å²) in [6.07, 6.45) is 1.26. The molecule has 0 amide bonds. The molecule has 1 radical (unpaired) electrons. The summed E-state index contributed by atoms with van der Waals surface area (Å²) >= 11 is 0. The minimum Gasteiger partial charge on any atom is -0.299 e. The van der Waals surface area contributed by atoms with Crippen LogP contribution in [0.25, 0.3) is 0 Å². The zero-order chi connectivity index (χ0) is 9.10. The molecular formula is C12H16N. The number of nitrogens with zero attached hydrogens (tertiary/aromatic N) is 1. The molecule has 0 unspecified atom stereocenters. The number of benzene rings is 1. The average Bonchev–Trinajstić information content (AvgIpc) is 2.53. The van der Waals surface area contributed by atoms with Crippen LogP contribution in [0.5, 0.6) is 0 Å². The van der Waals surface area contributed by atoms with E-state index in [2.05, 4.69) is 42.2 Å². The molecule has 1 atom stereocenters. The van der Waals surface area contributed by atoms with Gasteiger partial charge in [-0.2, -0.15) is 0 Å². The highest BCUT2D eigenvalue weighted by Crippen LogP contribution is 2.16. The fourth-order valence-electron chi connectivity index (χ4n) is 1.90. The van der Waals surface area contributed by atoms with E-state index in [-0.39, 0.29) is 0 Å². The van der Waals surface area contributed by atoms with Crippen molar-refractivity contribution in [1.29, 1.82) is 0 Å². The number of rotatable bonds is 2. The van der Waals surface area contributed by atoms with Crippen molar-refractivity contribution in [3.63, 3.8) is 0 Å². The Morgan fingerprint density at radius 1 is 1.31 bits per heavy atom. The lowest BCUT2D eigenvalue weighted by Crippen LogP contribution is -2.19. The summed E-state index contributed by atoms with van der Waals surface area (Å²) < 4.78 is 0. The third-order valence-corrected chi connectivity index (χ3v) is 2.62. The molecule has 0 aromatic heterocycles. The molecule has 0 bridgehead atoms. The summed E-state index contributed by atoms with van der Waals surface area (Å²) in [7, 11) is 0. The Balaban J connectivity index is 1.92. The first-order valence-electron chi connectivity index (χ1n) is 4.94. The largest absolute Gasteiger partial charge is 0.299 e. The van der Waals surface area contributed by atoms with Gasteiger partial charge >= 0.3 is 0 Å². The van der Waals surface area contributed by atoms with Crippen LogP contribution < -0.4 is 0 Å². The number of likely N-dealkylation sites (tertiary alicyclic amines) is 1. The summed E-state index contributed by atoms with van der Waals surface area (Å²) in [6, 6.07) is 10.7. The zero-order valence-electron chi connectivity index (χ0n) is 7.95. The Hall–Kier alpha value is -0.820. The van der Waals surface area contributed by atoms with Crippen LogP contribution in [0.15, 0.2) is 30.3 Å². The van der Waals surface area contributed by atoms with Crippen molar-refractivity contribution in [3.05, 3.63) is 42.8 Å². The van der Waals surface area contributed by atoms with Crippen LogP contribution in [0, 0.1) is 12.8 Å². The van der Waals surface area contributed by atoms with E-state index in [1.54, 1.807) is 0 Å². The summed E-state index contributed by atoms with van der Waals surface area (Å²) in [5.74, 6) is 0.642. The Morgan fingerprint density at radius 3 is 2.69 bits per heavy atom. The highest BCUT2D eigenvalue weighted by atomic mass is 15.1. The van der Waals surface area contributed by atoms with Gasteiger partial charge in [0.2, 0.25) is 0 Å². The minimum absolute atomic E-state index is 0.642. The van der Waals surface area contributed by atoms with Gasteiger partial charge < -0.3 is 0 Å². The fourth-order valence-corrected chi connectivity index (χ4v) is 1.90. The van der Waals surface area contributed by atoms with E-state index in [1.165, 1.54) is 18.5 Å². The van der Waals surface area contributed by atoms with E-state index in [1.807, 2.05) is 0 Å². The Kier molecular flexibility index (Phi) is 2.65. The second-order valence-corrected chi connectivity index (χ2v) is 3.88. The highest BCUT2D eigenvalue weighted by Gasteiger charge is 2.17. The lowest BCUT2D eigenvalue weighted by Gasteiger charge is -2.14. The van der Waals surface area contributed by atoms with Gasteiger partial charge in [0.1, 0.15) is 0 Å². The standard InChI is InChI=1S/C12H16N/c1-11-7-8-13(9-11)10-12-5-3-2-4-6-12/h2-6,11H,1,7-10H2/t11-/m0/s1. The van der Waals surface area contributed by atoms with Crippen molar-refractivity contribution in [3.8, 4) is 0 Å². The van der Waals surface area contributed by atoms with Crippen molar-refractivity contribution in [2.45, 2.75) is 13.0 Å². The van der Waals surface area contributed by atoms with Crippen molar-refractivity contribution in [2.75, 3.05) is 13.1 Å². The van der Waals surface area contributed by atoms with Crippen LogP contribution in [-0.2, 0) is 6.54 Å². The van der Waals surface area contributed by atoms with Gasteiger partial charge in [0, 0.05) is 13.1 Å². The molecule has 0 saturated carbocycles. The zero-order valence-corrected chi connectivity index (χ0v) is 7.95. The third-order valence-electron chi connectivity index (χ3n) is 2.62. The van der Waals surface area contributed by atoms with Gasteiger partial charge in [-0.05, 0) is 31.4 Å². The summed E-state index contributed by atoms with van der Waals surface area (Å²) in [5, 5.41) is 0. The van der Waals surface area contributed by atoms with Crippen molar-refractivity contribution in [2.24, 2.45) is 5.92 Å². The number of hydrogen-bond acceptors (Lipinski definition) is 1. The van der Waals surface area contributed by atoms with Crippen LogP contribution in [0.3, 0.4) is 0 Å². The smallest absolute Gasteiger partial charge is 0.0233 e. The molecule has 0 spiro atoms. The first-order chi connectivity index (χ1) is 6.34. The van der Waals surface area contributed by atoms with Gasteiger partial charge in [0.05, 0.1) is 0 Å². The molecule has 69 valence electrons. The SMILES string of the molecule is [CH2][C@H]1CCN(Cc2ccccc2)C1. The van der Waals surface area contributed by atoms with Gasteiger partial charge in [0.25, 0.3) is 0 Å². The third kappa shape index (κ3) is 2.31. The van der Waals surface area contributed by atoms with E-state index in [4.69, 9.17) is 0 Å². The van der Waals surface area contributed by atoms with Crippen LogP contribution in [0.4, 0.5) is 0 Å². The highest BCUT2D eigenvalue weighted by molar-refractivity contribution is 5.14. The van der Waals surface area contributed by atoms with Crippen LogP contribution in [-0.4, -0.2) is 18.0 Å². The average molecular weight is 174 g/mol. The second kappa shape index (κ2) is 3.93. The lowest BCUT2D eigenvalue weighted by molar-refractivity contribution is 0.324. The van der Waals surface area contributed by atoms with Gasteiger partial charge in [-0.3, -0.25) is 4.90 Å². The predicted molar refractivity (Wildman–Crippen MR) is 55.2 cm³/mol. The predicted octanol–water partition coefficient (Wildman–Crippen LogP) is 2.34. The van der Waals surface area contributed by atoms with Gasteiger partial charge in [-0.25, -0.2) is 0 Å². The molecular weight excluding hydrogens is 158 g/mol. The fraction of sp³-hybridized carbons (Fsp3) is 0.417. The molecule has 1 aromatic carbocycles. The minimum atomic E-state index is 0.642. The molecule has 1 saturated heterocycles. The maximum Gasteiger partial charge on any atom is 0.0233 e. The molecule has 1 nitrogen and oxygen atoms in total. The lowest BCUT2D eigenvalue weighted by atomic mass is 10.2. The maximum absolute atomic E-state index is 4.09. The van der Waals surface area contributed by atoms with E-state index < -0.39 is 0 Å². The van der Waals surface area contributed by atoms with Gasteiger partial charge in [-0.1, -0.05) is 30.3 Å². The Labute approximate surface area is 80.4 Å². The van der Waals surface area contributed by atoms with Crippen molar-refractivity contribution in [1.82, 2.24) is 4.90 Å². The quantitative estimate of drug-likeness (QED) is 0.665. The Bertz CT molecular complexity index is 255.